The Morgan fingerprint density at radius 3 is 2.65 bits per heavy atom. The van der Waals surface area contributed by atoms with Crippen molar-refractivity contribution in [1.82, 2.24) is 0 Å². The number of hydrogen-bond acceptors (Lipinski definition) is 3. The molecule has 5 heteroatoms. The number of nitro benzene ring substituents is 1. The van der Waals surface area contributed by atoms with Crippen LogP contribution in [0.25, 0.3) is 0 Å². The van der Waals surface area contributed by atoms with Crippen molar-refractivity contribution in [2.75, 3.05) is 0 Å². The summed E-state index contributed by atoms with van der Waals surface area (Å²) in [7, 11) is 0. The summed E-state index contributed by atoms with van der Waals surface area (Å²) in [6, 6.07) is 4.10. The fourth-order valence-electron chi connectivity index (χ4n) is 1.54. The van der Waals surface area contributed by atoms with Crippen LogP contribution in [0.4, 0.5) is 10.1 Å². The Balaban J connectivity index is 2.79. The summed E-state index contributed by atoms with van der Waals surface area (Å²) >= 11 is 0. The maximum atomic E-state index is 13.7. The number of halogens is 1. The molecule has 1 aromatic rings. The van der Waals surface area contributed by atoms with Gasteiger partial charge in [-0.25, -0.2) is 0 Å². The Hall–Kier alpha value is -1.49. The van der Waals surface area contributed by atoms with Gasteiger partial charge in [0.2, 0.25) is 5.82 Å². The Bertz CT molecular complexity index is 407. The van der Waals surface area contributed by atoms with Gasteiger partial charge < -0.3 is 5.11 Å². The second-order valence-corrected chi connectivity index (χ2v) is 4.36. The lowest BCUT2D eigenvalue weighted by Crippen LogP contribution is -2.15. The van der Waals surface area contributed by atoms with E-state index in [0.717, 1.165) is 6.07 Å². The number of rotatable bonds is 5. The summed E-state index contributed by atoms with van der Waals surface area (Å²) in [5.41, 5.74) is -0.236. The summed E-state index contributed by atoms with van der Waals surface area (Å²) in [4.78, 5) is 9.80. The Morgan fingerprint density at radius 2 is 2.12 bits per heavy atom. The van der Waals surface area contributed by atoms with Gasteiger partial charge in [-0.05, 0) is 24.3 Å². The lowest BCUT2D eigenvalue weighted by atomic mass is 9.99. The molecule has 0 saturated heterocycles. The van der Waals surface area contributed by atoms with Gasteiger partial charge in [-0.1, -0.05) is 26.0 Å². The first-order chi connectivity index (χ1) is 7.93. The first-order valence-electron chi connectivity index (χ1n) is 5.53. The zero-order chi connectivity index (χ0) is 13.0. The highest BCUT2D eigenvalue weighted by Gasteiger charge is 2.18. The van der Waals surface area contributed by atoms with Gasteiger partial charge in [-0.15, -0.1) is 0 Å². The molecule has 0 aliphatic rings. The van der Waals surface area contributed by atoms with E-state index in [1.165, 1.54) is 12.1 Å². The predicted octanol–water partition coefficient (Wildman–Crippen LogP) is 2.68. The normalized spacial score (nSPS) is 12.8. The topological polar surface area (TPSA) is 63.4 Å². The van der Waals surface area contributed by atoms with E-state index in [-0.39, 0.29) is 11.5 Å². The molecule has 0 radical (unpaired) electrons. The van der Waals surface area contributed by atoms with E-state index >= 15 is 0 Å². The molecule has 0 saturated carbocycles. The van der Waals surface area contributed by atoms with Crippen LogP contribution in [0.15, 0.2) is 18.2 Å². The van der Waals surface area contributed by atoms with Crippen molar-refractivity contribution in [2.24, 2.45) is 5.92 Å². The average Bonchev–Trinajstić information content (AvgIpc) is 2.26. The first kappa shape index (κ1) is 13.6. The van der Waals surface area contributed by atoms with Crippen LogP contribution >= 0.6 is 0 Å². The molecule has 1 aromatic carbocycles. The highest BCUT2D eigenvalue weighted by Crippen LogP contribution is 2.22. The third-order valence-electron chi connectivity index (χ3n) is 2.73. The number of benzene rings is 1. The molecule has 4 nitrogen and oxygen atoms in total. The number of nitrogens with zero attached hydrogens (tertiary/aromatic N) is 1. The Morgan fingerprint density at radius 1 is 1.47 bits per heavy atom. The van der Waals surface area contributed by atoms with E-state index in [2.05, 4.69) is 0 Å². The SMILES string of the molecule is CC(C)C(O)CCc1cccc([N+](=O)[O-])c1F. The average molecular weight is 241 g/mol. The van der Waals surface area contributed by atoms with Crippen LogP contribution in [0.1, 0.15) is 25.8 Å². The van der Waals surface area contributed by atoms with Crippen LogP contribution in [0.5, 0.6) is 0 Å². The van der Waals surface area contributed by atoms with Gasteiger partial charge in [0.05, 0.1) is 11.0 Å². The van der Waals surface area contributed by atoms with Gasteiger partial charge in [0.25, 0.3) is 0 Å². The number of nitro groups is 1. The molecule has 0 fully saturated rings. The molecule has 0 bridgehead atoms. The minimum atomic E-state index is -0.798. The van der Waals surface area contributed by atoms with Crippen LogP contribution in [0.2, 0.25) is 0 Å². The molecule has 1 N–H and O–H groups in total. The van der Waals surface area contributed by atoms with E-state index in [1.807, 2.05) is 13.8 Å². The van der Waals surface area contributed by atoms with Crippen molar-refractivity contribution in [1.29, 1.82) is 0 Å². The van der Waals surface area contributed by atoms with E-state index in [9.17, 15) is 19.6 Å². The monoisotopic (exact) mass is 241 g/mol. The fraction of sp³-hybridized carbons (Fsp3) is 0.500. The molecule has 1 unspecified atom stereocenters. The van der Waals surface area contributed by atoms with Crippen molar-refractivity contribution in [2.45, 2.75) is 32.8 Å². The quantitative estimate of drug-likeness (QED) is 0.636. The molecule has 17 heavy (non-hydrogen) atoms. The van der Waals surface area contributed by atoms with Crippen LogP contribution in [0.3, 0.4) is 0 Å². The highest BCUT2D eigenvalue weighted by atomic mass is 19.1. The van der Waals surface area contributed by atoms with Gasteiger partial charge in [-0.2, -0.15) is 4.39 Å². The van der Waals surface area contributed by atoms with Gasteiger partial charge in [-0.3, -0.25) is 10.1 Å². The second kappa shape index (κ2) is 5.72. The van der Waals surface area contributed by atoms with Gasteiger partial charge >= 0.3 is 5.69 Å². The molecule has 0 amide bonds. The number of aryl methyl sites for hydroxylation is 1. The van der Waals surface area contributed by atoms with Crippen molar-refractivity contribution in [3.8, 4) is 0 Å². The molecule has 1 rings (SSSR count). The summed E-state index contributed by atoms with van der Waals surface area (Å²) in [5.74, 6) is -0.704. The number of aliphatic hydroxyl groups excluding tert-OH is 1. The Labute approximate surface area is 99.2 Å². The number of hydrogen-bond donors (Lipinski definition) is 1. The predicted molar refractivity (Wildman–Crippen MR) is 62.2 cm³/mol. The first-order valence-corrected chi connectivity index (χ1v) is 5.53. The van der Waals surface area contributed by atoms with Crippen LogP contribution in [0, 0.1) is 21.8 Å². The molecule has 0 aromatic heterocycles. The molecule has 1 atom stereocenters. The van der Waals surface area contributed by atoms with E-state index in [1.54, 1.807) is 0 Å². The van der Waals surface area contributed by atoms with Crippen LogP contribution < -0.4 is 0 Å². The summed E-state index contributed by atoms with van der Waals surface area (Å²) in [6.45, 7) is 3.74. The van der Waals surface area contributed by atoms with Crippen molar-refractivity contribution >= 4 is 5.69 Å². The fourth-order valence-corrected chi connectivity index (χ4v) is 1.54. The summed E-state index contributed by atoms with van der Waals surface area (Å²) < 4.78 is 13.7. The second-order valence-electron chi connectivity index (χ2n) is 4.36. The summed E-state index contributed by atoms with van der Waals surface area (Å²) in [6.07, 6.45) is 0.177. The lowest BCUT2D eigenvalue weighted by Gasteiger charge is -2.14. The standard InChI is InChI=1S/C12H16FNO3/c1-8(2)11(15)7-6-9-4-3-5-10(12(9)13)14(16)17/h3-5,8,11,15H,6-7H2,1-2H3. The van der Waals surface area contributed by atoms with E-state index < -0.39 is 22.5 Å². The smallest absolute Gasteiger partial charge is 0.305 e. The third-order valence-corrected chi connectivity index (χ3v) is 2.73. The Kier molecular flexibility index (Phi) is 4.57. The summed E-state index contributed by atoms with van der Waals surface area (Å²) in [5, 5.41) is 20.1. The highest BCUT2D eigenvalue weighted by molar-refractivity contribution is 5.36. The minimum Gasteiger partial charge on any atom is -0.393 e. The molecular formula is C12H16FNO3. The van der Waals surface area contributed by atoms with Gasteiger partial charge in [0.15, 0.2) is 0 Å². The van der Waals surface area contributed by atoms with Gasteiger partial charge in [0.1, 0.15) is 0 Å². The third kappa shape index (κ3) is 3.49. The van der Waals surface area contributed by atoms with Crippen molar-refractivity contribution in [3.05, 3.63) is 39.7 Å². The molecule has 94 valence electrons. The molecule has 0 heterocycles. The minimum absolute atomic E-state index is 0.0942. The maximum Gasteiger partial charge on any atom is 0.305 e. The zero-order valence-corrected chi connectivity index (χ0v) is 9.89. The molecule has 0 aliphatic heterocycles. The van der Waals surface area contributed by atoms with Crippen LogP contribution in [-0.4, -0.2) is 16.1 Å². The van der Waals surface area contributed by atoms with Crippen molar-refractivity contribution in [3.63, 3.8) is 0 Å². The number of aliphatic hydroxyl groups is 1. The van der Waals surface area contributed by atoms with Gasteiger partial charge in [0, 0.05) is 6.07 Å². The van der Waals surface area contributed by atoms with E-state index in [4.69, 9.17) is 0 Å². The molecule has 0 spiro atoms. The maximum absolute atomic E-state index is 13.7. The van der Waals surface area contributed by atoms with Crippen molar-refractivity contribution < 1.29 is 14.4 Å². The molecular weight excluding hydrogens is 225 g/mol. The lowest BCUT2D eigenvalue weighted by molar-refractivity contribution is -0.387. The zero-order valence-electron chi connectivity index (χ0n) is 9.89. The molecule has 0 aliphatic carbocycles. The van der Waals surface area contributed by atoms with E-state index in [0.29, 0.717) is 12.8 Å². The van der Waals surface area contributed by atoms with Crippen LogP contribution in [-0.2, 0) is 6.42 Å². The largest absolute Gasteiger partial charge is 0.393 e.